The van der Waals surface area contributed by atoms with E-state index in [1.54, 1.807) is 0 Å². The van der Waals surface area contributed by atoms with Crippen molar-refractivity contribution in [3.63, 3.8) is 0 Å². The Balaban J connectivity index is 2.11. The molecular weight excluding hydrogens is 252 g/mol. The van der Waals surface area contributed by atoms with Crippen molar-refractivity contribution in [2.45, 2.75) is 19.9 Å². The first-order valence-electron chi connectivity index (χ1n) is 6.91. The zero-order chi connectivity index (χ0) is 14.8. The third-order valence-electron chi connectivity index (χ3n) is 2.96. The van der Waals surface area contributed by atoms with Crippen molar-refractivity contribution in [2.75, 3.05) is 26.7 Å². The minimum Gasteiger partial charge on any atom is -0.478 e. The lowest BCUT2D eigenvalue weighted by molar-refractivity contribution is -0.131. The van der Waals surface area contributed by atoms with E-state index in [0.717, 1.165) is 31.6 Å². The SMILES string of the molecule is C/C(=C\C(=O)O)CNCCCN(C)Cc1ccccc1. The average molecular weight is 276 g/mol. The minimum absolute atomic E-state index is 0.634. The van der Waals surface area contributed by atoms with E-state index in [2.05, 4.69) is 41.5 Å². The van der Waals surface area contributed by atoms with E-state index in [1.807, 2.05) is 13.0 Å². The van der Waals surface area contributed by atoms with Gasteiger partial charge in [0.15, 0.2) is 0 Å². The summed E-state index contributed by atoms with van der Waals surface area (Å²) in [6.07, 6.45) is 2.29. The number of carbonyl (C=O) groups is 1. The van der Waals surface area contributed by atoms with E-state index < -0.39 is 5.97 Å². The van der Waals surface area contributed by atoms with E-state index in [9.17, 15) is 4.79 Å². The second-order valence-electron chi connectivity index (χ2n) is 5.08. The van der Waals surface area contributed by atoms with Crippen LogP contribution in [0.1, 0.15) is 18.9 Å². The van der Waals surface area contributed by atoms with Gasteiger partial charge in [-0.05, 0) is 39.0 Å². The molecule has 0 aromatic heterocycles. The smallest absolute Gasteiger partial charge is 0.328 e. The Kier molecular flexibility index (Phi) is 7.62. The highest BCUT2D eigenvalue weighted by atomic mass is 16.4. The molecule has 4 heteroatoms. The van der Waals surface area contributed by atoms with Crippen LogP contribution < -0.4 is 5.32 Å². The fourth-order valence-corrected chi connectivity index (χ4v) is 2.00. The number of nitrogens with one attached hydrogen (secondary N) is 1. The predicted octanol–water partition coefficient (Wildman–Crippen LogP) is 2.13. The van der Waals surface area contributed by atoms with Crippen LogP contribution in [0, 0.1) is 0 Å². The molecule has 0 aliphatic carbocycles. The molecule has 0 bridgehead atoms. The maximum absolute atomic E-state index is 10.5. The summed E-state index contributed by atoms with van der Waals surface area (Å²) in [5, 5.41) is 11.8. The fourth-order valence-electron chi connectivity index (χ4n) is 2.00. The second-order valence-corrected chi connectivity index (χ2v) is 5.08. The Morgan fingerprint density at radius 2 is 2.05 bits per heavy atom. The van der Waals surface area contributed by atoms with Crippen LogP contribution in [0.15, 0.2) is 42.0 Å². The van der Waals surface area contributed by atoms with Crippen LogP contribution >= 0.6 is 0 Å². The van der Waals surface area contributed by atoms with Gasteiger partial charge in [-0.15, -0.1) is 0 Å². The molecule has 4 nitrogen and oxygen atoms in total. The number of carboxylic acids is 1. The molecule has 0 saturated carbocycles. The van der Waals surface area contributed by atoms with Crippen molar-refractivity contribution in [3.05, 3.63) is 47.5 Å². The maximum Gasteiger partial charge on any atom is 0.328 e. The molecule has 110 valence electrons. The summed E-state index contributed by atoms with van der Waals surface area (Å²) in [4.78, 5) is 12.7. The first-order valence-corrected chi connectivity index (χ1v) is 6.91. The Bertz CT molecular complexity index is 429. The zero-order valence-corrected chi connectivity index (χ0v) is 12.3. The molecular formula is C16H24N2O2. The highest BCUT2D eigenvalue weighted by molar-refractivity contribution is 5.80. The van der Waals surface area contributed by atoms with Gasteiger partial charge in [0.05, 0.1) is 0 Å². The molecule has 0 atom stereocenters. The van der Waals surface area contributed by atoms with Gasteiger partial charge in [0.25, 0.3) is 0 Å². The molecule has 0 aliphatic heterocycles. The van der Waals surface area contributed by atoms with Crippen LogP contribution in [0.2, 0.25) is 0 Å². The van der Waals surface area contributed by atoms with Crippen molar-refractivity contribution in [1.29, 1.82) is 0 Å². The Labute approximate surface area is 121 Å². The van der Waals surface area contributed by atoms with Crippen molar-refractivity contribution in [2.24, 2.45) is 0 Å². The number of aliphatic carboxylic acids is 1. The molecule has 20 heavy (non-hydrogen) atoms. The Hall–Kier alpha value is -1.65. The first kappa shape index (κ1) is 16.4. The van der Waals surface area contributed by atoms with Gasteiger partial charge in [0, 0.05) is 19.2 Å². The van der Waals surface area contributed by atoms with Gasteiger partial charge >= 0.3 is 5.97 Å². The van der Waals surface area contributed by atoms with Gasteiger partial charge in [-0.2, -0.15) is 0 Å². The number of carboxylic acid groups (broad SMARTS) is 1. The molecule has 1 rings (SSSR count). The third kappa shape index (κ3) is 7.71. The summed E-state index contributed by atoms with van der Waals surface area (Å²) in [5.74, 6) is -0.883. The molecule has 0 heterocycles. The Morgan fingerprint density at radius 1 is 1.35 bits per heavy atom. The summed E-state index contributed by atoms with van der Waals surface area (Å²) in [6, 6.07) is 10.4. The van der Waals surface area contributed by atoms with Crippen molar-refractivity contribution >= 4 is 5.97 Å². The predicted molar refractivity (Wildman–Crippen MR) is 81.7 cm³/mol. The highest BCUT2D eigenvalue weighted by Gasteiger charge is 2.00. The molecule has 0 unspecified atom stereocenters. The van der Waals surface area contributed by atoms with Gasteiger partial charge in [0.2, 0.25) is 0 Å². The first-order chi connectivity index (χ1) is 9.58. The molecule has 0 fully saturated rings. The number of hydrogen-bond acceptors (Lipinski definition) is 3. The summed E-state index contributed by atoms with van der Waals surface area (Å²) >= 11 is 0. The lowest BCUT2D eigenvalue weighted by Gasteiger charge is -2.16. The molecule has 0 amide bonds. The number of hydrogen-bond donors (Lipinski definition) is 2. The molecule has 0 spiro atoms. The molecule has 0 radical (unpaired) electrons. The second kappa shape index (κ2) is 9.28. The van der Waals surface area contributed by atoms with Crippen LogP contribution in [-0.2, 0) is 11.3 Å². The van der Waals surface area contributed by atoms with E-state index in [0.29, 0.717) is 6.54 Å². The van der Waals surface area contributed by atoms with Crippen LogP contribution in [0.4, 0.5) is 0 Å². The fraction of sp³-hybridized carbons (Fsp3) is 0.438. The lowest BCUT2D eigenvalue weighted by Crippen LogP contribution is -2.24. The number of nitrogens with zero attached hydrogens (tertiary/aromatic N) is 1. The number of rotatable bonds is 9. The van der Waals surface area contributed by atoms with Gasteiger partial charge in [-0.3, -0.25) is 0 Å². The standard InChI is InChI=1S/C16H24N2O2/c1-14(11-16(19)20)12-17-9-6-10-18(2)13-15-7-4-3-5-8-15/h3-5,7-8,11,17H,6,9-10,12-13H2,1-2H3,(H,19,20)/b14-11+. The highest BCUT2D eigenvalue weighted by Crippen LogP contribution is 2.02. The van der Waals surface area contributed by atoms with E-state index in [-0.39, 0.29) is 0 Å². The topological polar surface area (TPSA) is 52.6 Å². The lowest BCUT2D eigenvalue weighted by atomic mass is 10.2. The van der Waals surface area contributed by atoms with Crippen molar-refractivity contribution in [1.82, 2.24) is 10.2 Å². The quantitative estimate of drug-likeness (QED) is 0.536. The van der Waals surface area contributed by atoms with Crippen LogP contribution in [0.25, 0.3) is 0 Å². The van der Waals surface area contributed by atoms with E-state index >= 15 is 0 Å². The molecule has 2 N–H and O–H groups in total. The van der Waals surface area contributed by atoms with Crippen LogP contribution in [0.5, 0.6) is 0 Å². The van der Waals surface area contributed by atoms with Crippen LogP contribution in [-0.4, -0.2) is 42.7 Å². The summed E-state index contributed by atoms with van der Waals surface area (Å²) in [7, 11) is 2.11. The molecule has 0 saturated heterocycles. The van der Waals surface area contributed by atoms with E-state index in [4.69, 9.17) is 5.11 Å². The summed E-state index contributed by atoms with van der Waals surface area (Å²) < 4.78 is 0. The normalized spacial score (nSPS) is 11.8. The monoisotopic (exact) mass is 276 g/mol. The van der Waals surface area contributed by atoms with Crippen molar-refractivity contribution in [3.8, 4) is 0 Å². The number of benzene rings is 1. The molecule has 1 aromatic rings. The molecule has 0 aliphatic rings. The maximum atomic E-state index is 10.5. The van der Waals surface area contributed by atoms with Gasteiger partial charge in [0.1, 0.15) is 0 Å². The van der Waals surface area contributed by atoms with Crippen LogP contribution in [0.3, 0.4) is 0 Å². The third-order valence-corrected chi connectivity index (χ3v) is 2.96. The van der Waals surface area contributed by atoms with Gasteiger partial charge in [-0.1, -0.05) is 35.9 Å². The summed E-state index contributed by atoms with van der Waals surface area (Å²) in [6.45, 7) is 5.32. The Morgan fingerprint density at radius 3 is 2.70 bits per heavy atom. The summed E-state index contributed by atoms with van der Waals surface area (Å²) in [5.41, 5.74) is 2.17. The van der Waals surface area contributed by atoms with Crippen molar-refractivity contribution < 1.29 is 9.90 Å². The average Bonchev–Trinajstić information content (AvgIpc) is 2.38. The largest absolute Gasteiger partial charge is 0.478 e. The minimum atomic E-state index is -0.883. The van der Waals surface area contributed by atoms with Gasteiger partial charge < -0.3 is 15.3 Å². The molecule has 1 aromatic carbocycles. The van der Waals surface area contributed by atoms with E-state index in [1.165, 1.54) is 11.6 Å². The zero-order valence-electron chi connectivity index (χ0n) is 12.3. The van der Waals surface area contributed by atoms with Gasteiger partial charge in [-0.25, -0.2) is 4.79 Å².